The molecule has 0 aliphatic heterocycles. The van der Waals surface area contributed by atoms with Crippen LogP contribution in [0.2, 0.25) is 0 Å². The van der Waals surface area contributed by atoms with Crippen molar-refractivity contribution < 1.29 is 14.3 Å². The van der Waals surface area contributed by atoms with Crippen molar-refractivity contribution in [2.75, 3.05) is 6.54 Å². The molecule has 1 amide bonds. The van der Waals surface area contributed by atoms with E-state index in [1.165, 1.54) is 12.1 Å². The van der Waals surface area contributed by atoms with Crippen molar-refractivity contribution >= 4 is 21.8 Å². The first-order chi connectivity index (χ1) is 9.06. The molecule has 19 heavy (non-hydrogen) atoms. The van der Waals surface area contributed by atoms with Crippen LogP contribution in [0.1, 0.15) is 36.0 Å². The summed E-state index contributed by atoms with van der Waals surface area (Å²) in [7, 11) is 0. The number of carbonyl (C=O) groups excluding carboxylic acids is 1. The van der Waals surface area contributed by atoms with E-state index in [1.807, 2.05) is 0 Å². The van der Waals surface area contributed by atoms with E-state index in [2.05, 4.69) is 21.2 Å². The normalized spacial score (nSPS) is 23.1. The van der Waals surface area contributed by atoms with Gasteiger partial charge in [0.1, 0.15) is 5.82 Å². The van der Waals surface area contributed by atoms with Crippen LogP contribution in [0.4, 0.5) is 4.39 Å². The lowest BCUT2D eigenvalue weighted by atomic mass is 9.87. The maximum Gasteiger partial charge on any atom is 0.251 e. The Kier molecular flexibility index (Phi) is 4.93. The molecule has 0 radical (unpaired) electrons. The molecule has 0 heterocycles. The van der Waals surface area contributed by atoms with Crippen LogP contribution in [-0.4, -0.2) is 23.7 Å². The van der Waals surface area contributed by atoms with E-state index in [-0.39, 0.29) is 12.0 Å². The van der Waals surface area contributed by atoms with E-state index in [0.29, 0.717) is 22.5 Å². The maximum absolute atomic E-state index is 13.3. The van der Waals surface area contributed by atoms with Crippen LogP contribution < -0.4 is 5.32 Å². The first kappa shape index (κ1) is 14.5. The van der Waals surface area contributed by atoms with Crippen LogP contribution in [0.3, 0.4) is 0 Å². The van der Waals surface area contributed by atoms with E-state index in [0.717, 1.165) is 25.7 Å². The lowest BCUT2D eigenvalue weighted by molar-refractivity contribution is 0.0873. The summed E-state index contributed by atoms with van der Waals surface area (Å²) in [5.41, 5.74) is 0.317. The topological polar surface area (TPSA) is 49.3 Å². The van der Waals surface area contributed by atoms with E-state index in [4.69, 9.17) is 0 Å². The number of aliphatic hydroxyl groups excluding tert-OH is 1. The third-order valence-electron chi connectivity index (χ3n) is 3.49. The van der Waals surface area contributed by atoms with Gasteiger partial charge < -0.3 is 10.4 Å². The van der Waals surface area contributed by atoms with Gasteiger partial charge in [-0.2, -0.15) is 0 Å². The van der Waals surface area contributed by atoms with Gasteiger partial charge in [-0.15, -0.1) is 0 Å². The van der Waals surface area contributed by atoms with Gasteiger partial charge in [-0.25, -0.2) is 4.39 Å². The highest BCUT2D eigenvalue weighted by Gasteiger charge is 2.20. The zero-order valence-electron chi connectivity index (χ0n) is 10.5. The van der Waals surface area contributed by atoms with Crippen molar-refractivity contribution in [3.05, 3.63) is 34.1 Å². The number of aliphatic hydroxyl groups is 1. The second-order valence-electron chi connectivity index (χ2n) is 5.03. The first-order valence-corrected chi connectivity index (χ1v) is 7.27. The summed E-state index contributed by atoms with van der Waals surface area (Å²) in [5.74, 6) is -0.403. The summed E-state index contributed by atoms with van der Waals surface area (Å²) in [6.07, 6.45) is 3.35. The standard InChI is InChI=1S/C14H17BrFNO2/c15-12-5-4-10(7-13(12)16)14(19)17-8-9-2-1-3-11(18)6-9/h4-5,7,9,11,18H,1-3,6,8H2,(H,17,19). The van der Waals surface area contributed by atoms with Gasteiger partial charge in [0.15, 0.2) is 0 Å². The Morgan fingerprint density at radius 3 is 2.95 bits per heavy atom. The van der Waals surface area contributed by atoms with E-state index >= 15 is 0 Å². The largest absolute Gasteiger partial charge is 0.393 e. The number of hydrogen-bond acceptors (Lipinski definition) is 2. The third kappa shape index (κ3) is 4.01. The van der Waals surface area contributed by atoms with Crippen molar-refractivity contribution in [2.24, 2.45) is 5.92 Å². The van der Waals surface area contributed by atoms with Gasteiger partial charge in [0.05, 0.1) is 10.6 Å². The highest BCUT2D eigenvalue weighted by atomic mass is 79.9. The monoisotopic (exact) mass is 329 g/mol. The van der Waals surface area contributed by atoms with Gasteiger partial charge in [0.25, 0.3) is 5.91 Å². The van der Waals surface area contributed by atoms with Gasteiger partial charge >= 0.3 is 0 Å². The number of halogens is 2. The molecule has 1 aliphatic rings. The van der Waals surface area contributed by atoms with Gasteiger partial charge in [-0.05, 0) is 59.3 Å². The zero-order chi connectivity index (χ0) is 13.8. The molecule has 1 saturated carbocycles. The number of rotatable bonds is 3. The van der Waals surface area contributed by atoms with Gasteiger partial charge in [-0.3, -0.25) is 4.79 Å². The molecule has 1 aliphatic carbocycles. The highest BCUT2D eigenvalue weighted by Crippen LogP contribution is 2.23. The first-order valence-electron chi connectivity index (χ1n) is 6.47. The van der Waals surface area contributed by atoms with Crippen molar-refractivity contribution in [3.63, 3.8) is 0 Å². The Hall–Kier alpha value is -0.940. The molecule has 1 aromatic rings. The fraction of sp³-hybridized carbons (Fsp3) is 0.500. The molecule has 0 aromatic heterocycles. The Labute approximate surface area is 120 Å². The maximum atomic E-state index is 13.3. The molecule has 2 atom stereocenters. The average Bonchev–Trinajstić information content (AvgIpc) is 2.39. The predicted molar refractivity (Wildman–Crippen MR) is 74.4 cm³/mol. The molecule has 2 rings (SSSR count). The van der Waals surface area contributed by atoms with E-state index in [9.17, 15) is 14.3 Å². The SMILES string of the molecule is O=C(NCC1CCCC(O)C1)c1ccc(Br)c(F)c1. The minimum atomic E-state index is -0.444. The molecule has 1 aromatic carbocycles. The second kappa shape index (κ2) is 6.48. The number of hydrogen-bond donors (Lipinski definition) is 2. The molecule has 2 unspecified atom stereocenters. The van der Waals surface area contributed by atoms with Gasteiger partial charge in [0, 0.05) is 12.1 Å². The fourth-order valence-corrected chi connectivity index (χ4v) is 2.67. The predicted octanol–water partition coefficient (Wildman–Crippen LogP) is 2.87. The van der Waals surface area contributed by atoms with Crippen molar-refractivity contribution in [1.82, 2.24) is 5.32 Å². The molecule has 2 N–H and O–H groups in total. The summed E-state index contributed by atoms with van der Waals surface area (Å²) in [4.78, 5) is 11.9. The van der Waals surface area contributed by atoms with Crippen LogP contribution in [0.15, 0.2) is 22.7 Å². The van der Waals surface area contributed by atoms with E-state index in [1.54, 1.807) is 6.07 Å². The van der Waals surface area contributed by atoms with Crippen LogP contribution >= 0.6 is 15.9 Å². The molecular formula is C14H17BrFNO2. The molecule has 0 spiro atoms. The van der Waals surface area contributed by atoms with Crippen LogP contribution in [0.5, 0.6) is 0 Å². The summed E-state index contributed by atoms with van der Waals surface area (Å²) in [5, 5.41) is 12.4. The minimum Gasteiger partial charge on any atom is -0.393 e. The van der Waals surface area contributed by atoms with Gasteiger partial charge in [0.2, 0.25) is 0 Å². The van der Waals surface area contributed by atoms with Crippen molar-refractivity contribution in [1.29, 1.82) is 0 Å². The summed E-state index contributed by atoms with van der Waals surface area (Å²) < 4.78 is 13.7. The van der Waals surface area contributed by atoms with Crippen LogP contribution in [0.25, 0.3) is 0 Å². The minimum absolute atomic E-state index is 0.249. The molecule has 0 bridgehead atoms. The zero-order valence-corrected chi connectivity index (χ0v) is 12.1. The molecule has 104 valence electrons. The molecular weight excluding hydrogens is 313 g/mol. The van der Waals surface area contributed by atoms with Crippen LogP contribution in [0, 0.1) is 11.7 Å². The molecule has 0 saturated heterocycles. The van der Waals surface area contributed by atoms with Crippen molar-refractivity contribution in [2.45, 2.75) is 31.8 Å². The van der Waals surface area contributed by atoms with Gasteiger partial charge in [-0.1, -0.05) is 6.42 Å². The number of carbonyl (C=O) groups is 1. The molecule has 1 fully saturated rings. The Morgan fingerprint density at radius 2 is 2.26 bits per heavy atom. The molecule has 3 nitrogen and oxygen atoms in total. The smallest absolute Gasteiger partial charge is 0.251 e. The fourth-order valence-electron chi connectivity index (χ4n) is 2.42. The average molecular weight is 330 g/mol. The van der Waals surface area contributed by atoms with Crippen molar-refractivity contribution in [3.8, 4) is 0 Å². The number of nitrogens with one attached hydrogen (secondary N) is 1. The second-order valence-corrected chi connectivity index (χ2v) is 5.88. The quantitative estimate of drug-likeness (QED) is 0.895. The van der Waals surface area contributed by atoms with Crippen LogP contribution in [-0.2, 0) is 0 Å². The summed E-state index contributed by atoms with van der Waals surface area (Å²) >= 11 is 3.05. The summed E-state index contributed by atoms with van der Waals surface area (Å²) in [6, 6.07) is 4.32. The molecule has 5 heteroatoms. The number of benzene rings is 1. The highest BCUT2D eigenvalue weighted by molar-refractivity contribution is 9.10. The summed E-state index contributed by atoms with van der Waals surface area (Å²) in [6.45, 7) is 0.535. The third-order valence-corrected chi connectivity index (χ3v) is 4.13. The Balaban J connectivity index is 1.88. The Morgan fingerprint density at radius 1 is 1.47 bits per heavy atom. The number of amides is 1. The lowest BCUT2D eigenvalue weighted by Crippen LogP contribution is -2.33. The van der Waals surface area contributed by atoms with E-state index < -0.39 is 5.82 Å². The lowest BCUT2D eigenvalue weighted by Gasteiger charge is -2.25. The Bertz CT molecular complexity index is 467.